The molecule has 0 aliphatic heterocycles. The van der Waals surface area contributed by atoms with Crippen LogP contribution in [-0.4, -0.2) is 17.6 Å². The molecule has 0 atom stereocenters. The molecule has 6 heteroatoms. The molecule has 0 heterocycles. The topological polar surface area (TPSA) is 98.7 Å². The lowest BCUT2D eigenvalue weighted by atomic mass is 10.1. The van der Waals surface area contributed by atoms with Gasteiger partial charge in [0, 0.05) is 16.9 Å². The molecule has 0 aliphatic carbocycles. The molecule has 0 aromatic heterocycles. The summed E-state index contributed by atoms with van der Waals surface area (Å²) in [5, 5.41) is 0. The quantitative estimate of drug-likeness (QED) is 0.625. The van der Waals surface area contributed by atoms with Crippen molar-refractivity contribution >= 4 is 35.1 Å². The Hall–Kier alpha value is -3.28. The van der Waals surface area contributed by atoms with Gasteiger partial charge in [0.05, 0.1) is 5.69 Å². The summed E-state index contributed by atoms with van der Waals surface area (Å²) in [7, 11) is 0. The van der Waals surface area contributed by atoms with Crippen LogP contribution in [0.25, 0.3) is 6.08 Å². The number of imide groups is 1. The second-order valence-electron chi connectivity index (χ2n) is 7.21. The van der Waals surface area contributed by atoms with Gasteiger partial charge in [0.1, 0.15) is 5.60 Å². The van der Waals surface area contributed by atoms with E-state index in [2.05, 4.69) is 0 Å². The highest BCUT2D eigenvalue weighted by atomic mass is 16.6. The van der Waals surface area contributed by atoms with Crippen molar-refractivity contribution in [3.63, 3.8) is 0 Å². The van der Waals surface area contributed by atoms with Gasteiger partial charge in [-0.1, -0.05) is 12.1 Å². The molecule has 0 bridgehead atoms. The minimum absolute atomic E-state index is 0.377. The average molecular weight is 367 g/mol. The Bertz CT molecular complexity index is 848. The highest BCUT2D eigenvalue weighted by molar-refractivity contribution is 6.20. The van der Waals surface area contributed by atoms with Crippen molar-refractivity contribution in [2.75, 3.05) is 16.4 Å². The second kappa shape index (κ2) is 7.95. The van der Waals surface area contributed by atoms with Crippen LogP contribution in [-0.2, 0) is 9.53 Å². The zero-order valence-corrected chi connectivity index (χ0v) is 16.0. The van der Waals surface area contributed by atoms with E-state index in [0.29, 0.717) is 22.6 Å². The Kier molecular flexibility index (Phi) is 5.90. The molecular weight excluding hydrogens is 342 g/mol. The molecule has 0 saturated heterocycles. The number of benzene rings is 2. The summed E-state index contributed by atoms with van der Waals surface area (Å²) in [6.45, 7) is 6.88. The lowest BCUT2D eigenvalue weighted by Gasteiger charge is -2.26. The first-order chi connectivity index (χ1) is 12.6. The van der Waals surface area contributed by atoms with Crippen molar-refractivity contribution in [2.45, 2.75) is 33.3 Å². The largest absolute Gasteiger partial charge is 0.443 e. The van der Waals surface area contributed by atoms with Crippen molar-refractivity contribution < 1.29 is 14.3 Å². The zero-order valence-electron chi connectivity index (χ0n) is 16.0. The number of hydrogen-bond acceptors (Lipinski definition) is 5. The summed E-state index contributed by atoms with van der Waals surface area (Å²) in [6.07, 6.45) is 0.943. The van der Waals surface area contributed by atoms with Gasteiger partial charge in [0.25, 0.3) is 5.91 Å². The minimum Gasteiger partial charge on any atom is -0.443 e. The minimum atomic E-state index is -0.748. The van der Waals surface area contributed by atoms with Crippen LogP contribution in [0.3, 0.4) is 0 Å². The molecule has 4 N–H and O–H groups in total. The predicted molar refractivity (Wildman–Crippen MR) is 109 cm³/mol. The Morgan fingerprint density at radius 1 is 0.926 bits per heavy atom. The van der Waals surface area contributed by atoms with E-state index in [0.717, 1.165) is 10.5 Å². The Balaban J connectivity index is 2.39. The molecule has 0 spiro atoms. The van der Waals surface area contributed by atoms with Gasteiger partial charge < -0.3 is 16.2 Å². The van der Waals surface area contributed by atoms with Crippen molar-refractivity contribution in [1.82, 2.24) is 0 Å². The maximum Gasteiger partial charge on any atom is 0.422 e. The van der Waals surface area contributed by atoms with Gasteiger partial charge in [-0.15, -0.1) is 0 Å². The number of hydrogen-bond donors (Lipinski definition) is 2. The monoisotopic (exact) mass is 367 g/mol. The lowest BCUT2D eigenvalue weighted by Crippen LogP contribution is -2.41. The summed E-state index contributed by atoms with van der Waals surface area (Å²) in [5.74, 6) is -0.481. The Labute approximate surface area is 159 Å². The van der Waals surface area contributed by atoms with Crippen molar-refractivity contribution in [1.29, 1.82) is 0 Å². The van der Waals surface area contributed by atoms with Crippen molar-refractivity contribution in [2.24, 2.45) is 0 Å². The molecule has 2 rings (SSSR count). The van der Waals surface area contributed by atoms with Crippen LogP contribution < -0.4 is 16.4 Å². The molecule has 142 valence electrons. The number of ether oxygens (including phenoxy) is 1. The van der Waals surface area contributed by atoms with Gasteiger partial charge in [-0.05, 0) is 75.7 Å². The van der Waals surface area contributed by atoms with E-state index in [-0.39, 0.29) is 0 Å². The van der Waals surface area contributed by atoms with Gasteiger partial charge in [-0.25, -0.2) is 9.69 Å². The van der Waals surface area contributed by atoms with Gasteiger partial charge in [0.15, 0.2) is 0 Å². The molecule has 0 aliphatic rings. The molecule has 0 radical (unpaired) electrons. The van der Waals surface area contributed by atoms with Crippen molar-refractivity contribution in [3.05, 3.63) is 59.7 Å². The number of amides is 2. The van der Waals surface area contributed by atoms with E-state index in [1.165, 1.54) is 0 Å². The highest BCUT2D eigenvalue weighted by Gasteiger charge is 2.29. The Morgan fingerprint density at radius 3 is 1.89 bits per heavy atom. The number of rotatable bonds is 3. The fourth-order valence-corrected chi connectivity index (χ4v) is 2.32. The number of nitrogen functional groups attached to an aromatic ring is 2. The summed E-state index contributed by atoms with van der Waals surface area (Å²) >= 11 is 0. The van der Waals surface area contributed by atoms with Crippen LogP contribution in [0.5, 0.6) is 0 Å². The van der Waals surface area contributed by atoms with Gasteiger partial charge in [0.2, 0.25) is 0 Å². The molecule has 0 saturated carbocycles. The number of nitrogens with two attached hydrogens (primary N) is 2. The molecule has 0 unspecified atom stereocenters. The average Bonchev–Trinajstić information content (AvgIpc) is 2.57. The van der Waals surface area contributed by atoms with Crippen LogP contribution >= 0.6 is 0 Å². The third-order valence-electron chi connectivity index (χ3n) is 3.59. The van der Waals surface area contributed by atoms with Gasteiger partial charge >= 0.3 is 6.09 Å². The lowest BCUT2D eigenvalue weighted by molar-refractivity contribution is -0.114. The number of anilines is 3. The highest BCUT2D eigenvalue weighted by Crippen LogP contribution is 2.23. The van der Waals surface area contributed by atoms with E-state index in [4.69, 9.17) is 16.2 Å². The first kappa shape index (κ1) is 20.0. The first-order valence-electron chi connectivity index (χ1n) is 8.53. The fourth-order valence-electron chi connectivity index (χ4n) is 2.32. The third-order valence-corrected chi connectivity index (χ3v) is 3.59. The standard InChI is InChI=1S/C21H25N3O3/c1-14(13-15-5-7-16(22)8-6-15)19(25)24(20(26)27-21(2,3)4)18-11-9-17(23)10-12-18/h5-13H,22-23H2,1-4H3/b14-13+. The molecule has 2 aromatic carbocycles. The maximum absolute atomic E-state index is 13.0. The normalized spacial score (nSPS) is 11.8. The van der Waals surface area contributed by atoms with Crippen LogP contribution in [0.2, 0.25) is 0 Å². The molecular formula is C21H25N3O3. The van der Waals surface area contributed by atoms with E-state index in [1.54, 1.807) is 82.3 Å². The summed E-state index contributed by atoms with van der Waals surface area (Å²) < 4.78 is 5.41. The summed E-state index contributed by atoms with van der Waals surface area (Å²) in [6, 6.07) is 13.5. The molecule has 6 nitrogen and oxygen atoms in total. The third kappa shape index (κ3) is 5.60. The van der Waals surface area contributed by atoms with Crippen LogP contribution in [0.15, 0.2) is 54.1 Å². The van der Waals surface area contributed by atoms with E-state index < -0.39 is 17.6 Å². The van der Waals surface area contributed by atoms with Crippen LogP contribution in [0.4, 0.5) is 21.9 Å². The second-order valence-corrected chi connectivity index (χ2v) is 7.21. The maximum atomic E-state index is 13.0. The molecule has 0 fully saturated rings. The molecule has 27 heavy (non-hydrogen) atoms. The van der Waals surface area contributed by atoms with E-state index in [1.807, 2.05) is 0 Å². The number of carbonyl (C=O) groups is 2. The molecule has 2 aromatic rings. The predicted octanol–water partition coefficient (Wildman–Crippen LogP) is 4.22. The van der Waals surface area contributed by atoms with Crippen LogP contribution in [0.1, 0.15) is 33.3 Å². The number of carbonyl (C=O) groups excluding carboxylic acids is 2. The van der Waals surface area contributed by atoms with Gasteiger partial charge in [-0.2, -0.15) is 0 Å². The van der Waals surface area contributed by atoms with E-state index in [9.17, 15) is 9.59 Å². The number of nitrogens with zero attached hydrogens (tertiary/aromatic N) is 1. The Morgan fingerprint density at radius 2 is 1.41 bits per heavy atom. The van der Waals surface area contributed by atoms with Crippen LogP contribution in [0, 0.1) is 0 Å². The zero-order chi connectivity index (χ0) is 20.2. The summed E-state index contributed by atoms with van der Waals surface area (Å²) in [4.78, 5) is 26.7. The summed E-state index contributed by atoms with van der Waals surface area (Å²) in [5.41, 5.74) is 13.4. The fraction of sp³-hybridized carbons (Fsp3) is 0.238. The smallest absolute Gasteiger partial charge is 0.422 e. The molecule has 2 amide bonds. The van der Waals surface area contributed by atoms with Crippen molar-refractivity contribution in [3.8, 4) is 0 Å². The van der Waals surface area contributed by atoms with E-state index >= 15 is 0 Å². The van der Waals surface area contributed by atoms with Gasteiger partial charge in [-0.3, -0.25) is 4.79 Å². The SMILES string of the molecule is C/C(=C\c1ccc(N)cc1)C(=O)N(C(=O)OC(C)(C)C)c1ccc(N)cc1. The first-order valence-corrected chi connectivity index (χ1v) is 8.53.